The highest BCUT2D eigenvalue weighted by atomic mass is 16.5. The third kappa shape index (κ3) is 6.24. The Morgan fingerprint density at radius 2 is 1.73 bits per heavy atom. The summed E-state index contributed by atoms with van der Waals surface area (Å²) in [6.07, 6.45) is 6.31. The molecule has 1 N–H and O–H groups in total. The van der Waals surface area contributed by atoms with Crippen LogP contribution in [0.1, 0.15) is 72.3 Å². The molecule has 1 saturated carbocycles. The largest absolute Gasteiger partial charge is 0.493 e. The number of ether oxygens (including phenoxy) is 2. The van der Waals surface area contributed by atoms with Gasteiger partial charge in [0.1, 0.15) is 6.04 Å². The predicted molar refractivity (Wildman–Crippen MR) is 171 cm³/mol. The minimum absolute atomic E-state index is 0.126. The highest BCUT2D eigenvalue weighted by Gasteiger charge is 2.33. The Bertz CT molecular complexity index is 1760. The second-order valence-corrected chi connectivity index (χ2v) is 11.7. The molecule has 6 rings (SSSR count). The summed E-state index contributed by atoms with van der Waals surface area (Å²) in [7, 11) is 3.29. The van der Waals surface area contributed by atoms with Gasteiger partial charge in [-0.15, -0.1) is 5.10 Å². The predicted octanol–water partition coefficient (Wildman–Crippen LogP) is 6.18. The Morgan fingerprint density at radius 1 is 0.932 bits per heavy atom. The third-order valence-electron chi connectivity index (χ3n) is 8.82. The Balaban J connectivity index is 1.47. The number of aryl methyl sites for hydroxylation is 1. The summed E-state index contributed by atoms with van der Waals surface area (Å²) in [4.78, 5) is 19.5. The molecule has 0 saturated heterocycles. The molecule has 0 aliphatic heterocycles. The number of aromatic amines is 1. The zero-order valence-corrected chi connectivity index (χ0v) is 25.7. The third-order valence-corrected chi connectivity index (χ3v) is 8.82. The first-order valence-electron chi connectivity index (χ1n) is 15.4. The summed E-state index contributed by atoms with van der Waals surface area (Å²) in [6, 6.07) is 24.3. The van der Waals surface area contributed by atoms with Gasteiger partial charge in [-0.1, -0.05) is 73.9 Å². The fourth-order valence-corrected chi connectivity index (χ4v) is 6.49. The molecule has 0 spiro atoms. The van der Waals surface area contributed by atoms with E-state index in [2.05, 4.69) is 55.7 Å². The first kappa shape index (κ1) is 29.6. The van der Waals surface area contributed by atoms with Crippen molar-refractivity contribution in [2.75, 3.05) is 20.8 Å². The van der Waals surface area contributed by atoms with Crippen molar-refractivity contribution in [2.24, 2.45) is 0 Å². The summed E-state index contributed by atoms with van der Waals surface area (Å²) in [5.74, 6) is 2.09. The van der Waals surface area contributed by atoms with Crippen molar-refractivity contribution in [1.29, 1.82) is 0 Å². The van der Waals surface area contributed by atoms with E-state index in [4.69, 9.17) is 9.47 Å². The number of tetrazole rings is 1. The zero-order valence-electron chi connectivity index (χ0n) is 25.7. The molecule has 5 aromatic rings. The molecule has 2 aromatic heterocycles. The molecule has 1 aliphatic carbocycles. The van der Waals surface area contributed by atoms with E-state index in [0.29, 0.717) is 36.0 Å². The number of benzene rings is 3. The lowest BCUT2D eigenvalue weighted by atomic mass is 9.94. The van der Waals surface area contributed by atoms with Gasteiger partial charge in [0.25, 0.3) is 5.56 Å². The van der Waals surface area contributed by atoms with E-state index in [1.807, 2.05) is 54.1 Å². The monoisotopic (exact) mass is 592 g/mol. The van der Waals surface area contributed by atoms with Crippen LogP contribution in [0.2, 0.25) is 0 Å². The average Bonchev–Trinajstić information content (AvgIpc) is 3.54. The highest BCUT2D eigenvalue weighted by molar-refractivity contribution is 5.82. The lowest BCUT2D eigenvalue weighted by Gasteiger charge is -2.33. The van der Waals surface area contributed by atoms with Crippen molar-refractivity contribution in [1.82, 2.24) is 30.1 Å². The molecule has 0 bridgehead atoms. The molecule has 1 fully saturated rings. The van der Waals surface area contributed by atoms with Crippen LogP contribution in [0.3, 0.4) is 0 Å². The quantitative estimate of drug-likeness (QED) is 0.196. The number of aromatic nitrogens is 5. The number of para-hydroxylation sites is 1. The first-order chi connectivity index (χ1) is 21.6. The number of rotatable bonds is 11. The standard InChI is InChI=1S/C35H40N6O3/c1-24-11-10-14-27-22-29(35(42)36-32(24)27)33(34-37-38-39-41(34)28-15-8-5-9-16-28)40(23-26-12-6-4-7-13-26)20-19-25-17-18-30(43-2)31(21-25)44-3/h4,6-7,10-14,17-18,21-22,28,33H,5,8-9,15-16,19-20,23H2,1-3H3,(H,36,42). The second kappa shape index (κ2) is 13.4. The van der Waals surface area contributed by atoms with Crippen molar-refractivity contribution in [3.63, 3.8) is 0 Å². The molecule has 228 valence electrons. The van der Waals surface area contributed by atoms with Crippen molar-refractivity contribution >= 4 is 10.9 Å². The number of nitrogens with one attached hydrogen (secondary N) is 1. The average molecular weight is 593 g/mol. The Hall–Kier alpha value is -4.50. The topological polar surface area (TPSA) is 98.2 Å². The maximum atomic E-state index is 14.0. The van der Waals surface area contributed by atoms with Gasteiger partial charge in [0.2, 0.25) is 0 Å². The van der Waals surface area contributed by atoms with Crippen LogP contribution in [0.25, 0.3) is 10.9 Å². The highest BCUT2D eigenvalue weighted by Crippen LogP contribution is 2.34. The lowest BCUT2D eigenvalue weighted by Crippen LogP contribution is -2.37. The SMILES string of the molecule is COc1ccc(CCN(Cc2ccccc2)C(c2cc3cccc(C)c3[nH]c2=O)c2nnnn2C2CCCCC2)cc1OC. The molecule has 0 radical (unpaired) electrons. The summed E-state index contributed by atoms with van der Waals surface area (Å²) in [5, 5.41) is 14.4. The molecule has 1 atom stereocenters. The number of hydrogen-bond donors (Lipinski definition) is 1. The number of fused-ring (bicyclic) bond motifs is 1. The van der Waals surface area contributed by atoms with Crippen molar-refractivity contribution in [2.45, 2.75) is 64.1 Å². The molecule has 1 aliphatic rings. The number of nitrogens with zero attached hydrogens (tertiary/aromatic N) is 5. The number of pyridine rings is 1. The Labute approximate surface area is 257 Å². The van der Waals surface area contributed by atoms with Gasteiger partial charge < -0.3 is 14.5 Å². The van der Waals surface area contributed by atoms with Gasteiger partial charge in [-0.3, -0.25) is 9.69 Å². The van der Waals surface area contributed by atoms with Gasteiger partial charge >= 0.3 is 0 Å². The summed E-state index contributed by atoms with van der Waals surface area (Å²) in [5.41, 5.74) is 4.65. The van der Waals surface area contributed by atoms with Crippen LogP contribution in [-0.4, -0.2) is 50.9 Å². The Kier molecular flexibility index (Phi) is 9.02. The first-order valence-corrected chi connectivity index (χ1v) is 15.4. The fraction of sp³-hybridized carbons (Fsp3) is 0.371. The van der Waals surface area contributed by atoms with Crippen LogP contribution in [0, 0.1) is 6.92 Å². The zero-order chi connectivity index (χ0) is 30.5. The van der Waals surface area contributed by atoms with Gasteiger partial charge in [-0.05, 0) is 76.9 Å². The fourth-order valence-electron chi connectivity index (χ4n) is 6.49. The van der Waals surface area contributed by atoms with E-state index in [9.17, 15) is 4.79 Å². The van der Waals surface area contributed by atoms with E-state index in [1.54, 1.807) is 14.2 Å². The van der Waals surface area contributed by atoms with Gasteiger partial charge in [0.15, 0.2) is 17.3 Å². The maximum absolute atomic E-state index is 14.0. The number of H-pyrrole nitrogens is 1. The van der Waals surface area contributed by atoms with Gasteiger partial charge in [0, 0.05) is 18.7 Å². The van der Waals surface area contributed by atoms with Gasteiger partial charge in [-0.25, -0.2) is 4.68 Å². The lowest BCUT2D eigenvalue weighted by molar-refractivity contribution is 0.197. The van der Waals surface area contributed by atoms with Gasteiger partial charge in [-0.2, -0.15) is 0 Å². The van der Waals surface area contributed by atoms with Crippen LogP contribution in [-0.2, 0) is 13.0 Å². The van der Waals surface area contributed by atoms with Gasteiger partial charge in [0.05, 0.1) is 25.8 Å². The second-order valence-electron chi connectivity index (χ2n) is 11.7. The van der Waals surface area contributed by atoms with Crippen LogP contribution in [0.5, 0.6) is 11.5 Å². The summed E-state index contributed by atoms with van der Waals surface area (Å²) in [6.45, 7) is 3.28. The minimum Gasteiger partial charge on any atom is -0.493 e. The molecular formula is C35H40N6O3. The number of hydrogen-bond acceptors (Lipinski definition) is 7. The molecule has 44 heavy (non-hydrogen) atoms. The van der Waals surface area contributed by atoms with Crippen LogP contribution >= 0.6 is 0 Å². The van der Waals surface area contributed by atoms with Crippen molar-refractivity contribution in [3.05, 3.63) is 111 Å². The maximum Gasteiger partial charge on any atom is 0.253 e. The van der Waals surface area contributed by atoms with Crippen LogP contribution in [0.15, 0.2) is 77.6 Å². The molecular weight excluding hydrogens is 552 g/mol. The molecule has 3 aromatic carbocycles. The van der Waals surface area contributed by atoms with Crippen molar-refractivity contribution in [3.8, 4) is 11.5 Å². The molecule has 2 heterocycles. The van der Waals surface area contributed by atoms with E-state index in [1.165, 1.54) is 6.42 Å². The molecule has 0 amide bonds. The minimum atomic E-state index is -0.471. The molecule has 9 heteroatoms. The van der Waals surface area contributed by atoms with E-state index < -0.39 is 6.04 Å². The Morgan fingerprint density at radius 3 is 2.50 bits per heavy atom. The summed E-state index contributed by atoms with van der Waals surface area (Å²) >= 11 is 0. The van der Waals surface area contributed by atoms with Crippen LogP contribution in [0.4, 0.5) is 0 Å². The smallest absolute Gasteiger partial charge is 0.253 e. The molecule has 9 nitrogen and oxygen atoms in total. The number of methoxy groups -OCH3 is 2. The van der Waals surface area contributed by atoms with E-state index >= 15 is 0 Å². The summed E-state index contributed by atoms with van der Waals surface area (Å²) < 4.78 is 13.1. The normalized spacial score (nSPS) is 14.6. The van der Waals surface area contributed by atoms with Crippen molar-refractivity contribution < 1.29 is 9.47 Å². The molecule has 1 unspecified atom stereocenters. The van der Waals surface area contributed by atoms with Crippen LogP contribution < -0.4 is 15.0 Å². The van der Waals surface area contributed by atoms with E-state index in [0.717, 1.165) is 59.7 Å². The van der Waals surface area contributed by atoms with E-state index in [-0.39, 0.29) is 11.6 Å².